The van der Waals surface area contributed by atoms with Crippen molar-refractivity contribution in [1.82, 2.24) is 5.32 Å². The second kappa shape index (κ2) is 5.27. The van der Waals surface area contributed by atoms with Gasteiger partial charge < -0.3 is 5.32 Å². The Morgan fingerprint density at radius 1 is 1.25 bits per heavy atom. The van der Waals surface area contributed by atoms with E-state index in [1.54, 1.807) is 0 Å². The fraction of sp³-hybridized carbons (Fsp3) is 0.333. The minimum Gasteiger partial charge on any atom is -0.310 e. The average molecular weight is 232 g/mol. The molecule has 0 atom stereocenters. The van der Waals surface area contributed by atoms with E-state index < -0.39 is 0 Å². The summed E-state index contributed by atoms with van der Waals surface area (Å²) < 4.78 is 12.8. The van der Waals surface area contributed by atoms with E-state index in [0.29, 0.717) is 6.54 Å². The first kappa shape index (κ1) is 9.68. The summed E-state index contributed by atoms with van der Waals surface area (Å²) in [5.74, 6) is 0. The summed E-state index contributed by atoms with van der Waals surface area (Å²) >= 11 is 3.35. The highest BCUT2D eigenvalue weighted by Gasteiger charge is 1.91. The highest BCUT2D eigenvalue weighted by atomic mass is 79.9. The Morgan fingerprint density at radius 3 is 2.50 bits per heavy atom. The standard InChI is InChI=1S/C9H11BrFN/c10-9-3-1-8(2-4-9)7-12-6-5-11/h1-4,12H,5-7H2. The van der Waals surface area contributed by atoms with Gasteiger partial charge in [0.2, 0.25) is 0 Å². The lowest BCUT2D eigenvalue weighted by Crippen LogP contribution is -2.15. The lowest BCUT2D eigenvalue weighted by Gasteiger charge is -2.01. The average Bonchev–Trinajstić information content (AvgIpc) is 2.09. The Balaban J connectivity index is 2.37. The third-order valence-electron chi connectivity index (χ3n) is 1.51. The molecule has 0 aliphatic rings. The van der Waals surface area contributed by atoms with E-state index in [0.717, 1.165) is 11.0 Å². The minimum atomic E-state index is -0.309. The second-order valence-corrected chi connectivity index (χ2v) is 3.41. The van der Waals surface area contributed by atoms with Gasteiger partial charge >= 0.3 is 0 Å². The molecule has 1 aromatic rings. The van der Waals surface area contributed by atoms with Gasteiger partial charge in [0, 0.05) is 17.6 Å². The minimum absolute atomic E-state index is 0.309. The van der Waals surface area contributed by atoms with Gasteiger partial charge in [-0.3, -0.25) is 0 Å². The van der Waals surface area contributed by atoms with Crippen LogP contribution >= 0.6 is 15.9 Å². The molecule has 0 amide bonds. The maximum absolute atomic E-state index is 11.7. The van der Waals surface area contributed by atoms with Crippen molar-refractivity contribution in [3.8, 4) is 0 Å². The monoisotopic (exact) mass is 231 g/mol. The van der Waals surface area contributed by atoms with Crippen LogP contribution in [0.3, 0.4) is 0 Å². The number of hydrogen-bond acceptors (Lipinski definition) is 1. The van der Waals surface area contributed by atoms with Gasteiger partial charge in [-0.1, -0.05) is 28.1 Å². The first-order valence-corrected chi connectivity index (χ1v) is 4.63. The Hall–Kier alpha value is -0.410. The zero-order valence-electron chi connectivity index (χ0n) is 6.69. The SMILES string of the molecule is FCCNCc1ccc(Br)cc1. The van der Waals surface area contributed by atoms with Gasteiger partial charge in [0.25, 0.3) is 0 Å². The lowest BCUT2D eigenvalue weighted by atomic mass is 10.2. The maximum atomic E-state index is 11.7. The fourth-order valence-corrected chi connectivity index (χ4v) is 1.17. The van der Waals surface area contributed by atoms with Crippen LogP contribution in [0.2, 0.25) is 0 Å². The van der Waals surface area contributed by atoms with E-state index in [-0.39, 0.29) is 6.67 Å². The molecule has 3 heteroatoms. The quantitative estimate of drug-likeness (QED) is 0.786. The maximum Gasteiger partial charge on any atom is 0.102 e. The summed E-state index contributed by atoms with van der Waals surface area (Å²) in [7, 11) is 0. The molecule has 0 saturated heterocycles. The van der Waals surface area contributed by atoms with Crippen LogP contribution in [0.1, 0.15) is 5.56 Å². The molecule has 0 bridgehead atoms. The first-order chi connectivity index (χ1) is 5.83. The van der Waals surface area contributed by atoms with Crippen LogP contribution in [0.5, 0.6) is 0 Å². The van der Waals surface area contributed by atoms with Gasteiger partial charge in [-0.25, -0.2) is 4.39 Å². The topological polar surface area (TPSA) is 12.0 Å². The van der Waals surface area contributed by atoms with Gasteiger partial charge in [0.05, 0.1) is 0 Å². The van der Waals surface area contributed by atoms with Crippen LogP contribution in [-0.2, 0) is 6.54 Å². The van der Waals surface area contributed by atoms with Gasteiger partial charge in [0.1, 0.15) is 6.67 Å². The predicted octanol–water partition coefficient (Wildman–Crippen LogP) is 2.51. The fourth-order valence-electron chi connectivity index (χ4n) is 0.902. The van der Waals surface area contributed by atoms with Gasteiger partial charge in [-0.05, 0) is 17.7 Å². The molecular formula is C9H11BrFN. The van der Waals surface area contributed by atoms with Crippen molar-refractivity contribution in [2.75, 3.05) is 13.2 Å². The van der Waals surface area contributed by atoms with E-state index in [2.05, 4.69) is 21.2 Å². The van der Waals surface area contributed by atoms with Crippen LogP contribution in [0, 0.1) is 0 Å². The molecular weight excluding hydrogens is 221 g/mol. The van der Waals surface area contributed by atoms with Gasteiger partial charge in [-0.15, -0.1) is 0 Å². The molecule has 0 fully saturated rings. The van der Waals surface area contributed by atoms with Crippen molar-refractivity contribution in [2.24, 2.45) is 0 Å². The predicted molar refractivity (Wildman–Crippen MR) is 51.8 cm³/mol. The van der Waals surface area contributed by atoms with Gasteiger partial charge in [-0.2, -0.15) is 0 Å². The number of rotatable bonds is 4. The number of alkyl halides is 1. The molecule has 0 radical (unpaired) electrons. The van der Waals surface area contributed by atoms with Crippen molar-refractivity contribution in [1.29, 1.82) is 0 Å². The Bertz CT molecular complexity index is 222. The van der Waals surface area contributed by atoms with Crippen LogP contribution in [0.15, 0.2) is 28.7 Å². The molecule has 1 aromatic carbocycles. The number of hydrogen-bond donors (Lipinski definition) is 1. The van der Waals surface area contributed by atoms with Crippen LogP contribution < -0.4 is 5.32 Å². The zero-order chi connectivity index (χ0) is 8.81. The molecule has 0 saturated carbocycles. The molecule has 0 unspecified atom stereocenters. The normalized spacial score (nSPS) is 10.2. The molecule has 0 heterocycles. The van der Waals surface area contributed by atoms with Crippen molar-refractivity contribution in [3.05, 3.63) is 34.3 Å². The smallest absolute Gasteiger partial charge is 0.102 e. The largest absolute Gasteiger partial charge is 0.310 e. The van der Waals surface area contributed by atoms with E-state index in [1.165, 1.54) is 5.56 Å². The highest BCUT2D eigenvalue weighted by molar-refractivity contribution is 9.10. The highest BCUT2D eigenvalue weighted by Crippen LogP contribution is 2.09. The van der Waals surface area contributed by atoms with E-state index in [1.807, 2.05) is 24.3 Å². The Kier molecular flexibility index (Phi) is 4.25. The van der Waals surface area contributed by atoms with E-state index in [9.17, 15) is 4.39 Å². The van der Waals surface area contributed by atoms with Crippen molar-refractivity contribution in [2.45, 2.75) is 6.54 Å². The molecule has 0 aliphatic heterocycles. The molecule has 1 rings (SSSR count). The number of benzene rings is 1. The summed E-state index contributed by atoms with van der Waals surface area (Å²) in [5.41, 5.74) is 1.17. The molecule has 0 aromatic heterocycles. The zero-order valence-corrected chi connectivity index (χ0v) is 8.27. The Labute approximate surface area is 80.1 Å². The molecule has 0 aliphatic carbocycles. The summed E-state index contributed by atoms with van der Waals surface area (Å²) in [6, 6.07) is 7.98. The number of nitrogens with one attached hydrogen (secondary N) is 1. The first-order valence-electron chi connectivity index (χ1n) is 3.84. The molecule has 0 spiro atoms. The second-order valence-electron chi connectivity index (χ2n) is 2.49. The number of halogens is 2. The Morgan fingerprint density at radius 2 is 1.92 bits per heavy atom. The lowest BCUT2D eigenvalue weighted by molar-refractivity contribution is 0.467. The molecule has 66 valence electrons. The van der Waals surface area contributed by atoms with Crippen molar-refractivity contribution < 1.29 is 4.39 Å². The summed E-state index contributed by atoms with van der Waals surface area (Å²) in [6.07, 6.45) is 0. The molecule has 1 nitrogen and oxygen atoms in total. The third-order valence-corrected chi connectivity index (χ3v) is 2.04. The summed E-state index contributed by atoms with van der Waals surface area (Å²) in [4.78, 5) is 0. The van der Waals surface area contributed by atoms with Crippen molar-refractivity contribution in [3.63, 3.8) is 0 Å². The summed E-state index contributed by atoms with van der Waals surface area (Å²) in [5, 5.41) is 2.98. The summed E-state index contributed by atoms with van der Waals surface area (Å²) in [6.45, 7) is 0.851. The van der Waals surface area contributed by atoms with E-state index >= 15 is 0 Å². The van der Waals surface area contributed by atoms with Crippen LogP contribution in [-0.4, -0.2) is 13.2 Å². The van der Waals surface area contributed by atoms with Crippen LogP contribution in [0.25, 0.3) is 0 Å². The van der Waals surface area contributed by atoms with E-state index in [4.69, 9.17) is 0 Å². The molecule has 12 heavy (non-hydrogen) atoms. The van der Waals surface area contributed by atoms with Crippen LogP contribution in [0.4, 0.5) is 4.39 Å². The molecule has 1 N–H and O–H groups in total. The third kappa shape index (κ3) is 3.32. The van der Waals surface area contributed by atoms with Crippen molar-refractivity contribution >= 4 is 15.9 Å². The van der Waals surface area contributed by atoms with Gasteiger partial charge in [0.15, 0.2) is 0 Å².